The number of rotatable bonds is 11. The van der Waals surface area contributed by atoms with E-state index in [0.717, 1.165) is 39.5 Å². The topological polar surface area (TPSA) is 205 Å². The minimum absolute atomic E-state index is 0.0415. The Labute approximate surface area is 360 Å². The van der Waals surface area contributed by atoms with Crippen LogP contribution in [0, 0.1) is 6.92 Å². The summed E-state index contributed by atoms with van der Waals surface area (Å²) < 4.78 is 24.5. The molecule has 3 atom stereocenters. The van der Waals surface area contributed by atoms with Gasteiger partial charge in [-0.2, -0.15) is 0 Å². The maximum atomic E-state index is 14.7. The van der Waals surface area contributed by atoms with E-state index >= 15 is 0 Å². The third-order valence-corrected chi connectivity index (χ3v) is 13.7. The van der Waals surface area contributed by atoms with Gasteiger partial charge >= 0.3 is 0 Å². The fraction of sp³-hybridized carbons (Fsp3) is 0.364. The Kier molecular flexibility index (Phi) is 15.1. The summed E-state index contributed by atoms with van der Waals surface area (Å²) in [6.45, 7) is 3.08. The van der Waals surface area contributed by atoms with Gasteiger partial charge in [-0.1, -0.05) is 59.8 Å². The SMILES string of the molecule is Cc1[nH]c2ccccc2c1C[C@H]1C(=O)NCc2cc(-c3ccc(S(C)(=O)=O)cc3)cc(Cl)c2Sc2ncccc2CN[C@@H](CCCN)C(=O)N[C@@H](CCCCN)C(=O)N1C. The van der Waals surface area contributed by atoms with E-state index in [1.54, 1.807) is 43.6 Å². The number of pyridine rings is 1. The van der Waals surface area contributed by atoms with E-state index in [2.05, 4.69) is 20.9 Å². The van der Waals surface area contributed by atoms with E-state index in [-0.39, 0.29) is 30.3 Å². The van der Waals surface area contributed by atoms with Gasteiger partial charge < -0.3 is 37.3 Å². The number of unbranched alkanes of at least 4 members (excludes halogenated alkanes) is 1. The van der Waals surface area contributed by atoms with Crippen molar-refractivity contribution in [3.63, 3.8) is 0 Å². The molecule has 13 nitrogen and oxygen atoms in total. The molecule has 0 saturated carbocycles. The molecule has 0 saturated heterocycles. The second kappa shape index (κ2) is 20.2. The van der Waals surface area contributed by atoms with E-state index < -0.39 is 39.8 Å². The Morgan fingerprint density at radius 2 is 1.60 bits per heavy atom. The van der Waals surface area contributed by atoms with Crippen LogP contribution in [0.15, 0.2) is 93.8 Å². The maximum Gasteiger partial charge on any atom is 0.245 e. The fourth-order valence-electron chi connectivity index (χ4n) is 7.50. The van der Waals surface area contributed by atoms with Gasteiger partial charge in [0.1, 0.15) is 17.1 Å². The van der Waals surface area contributed by atoms with Crippen LogP contribution in [-0.2, 0) is 43.7 Å². The molecule has 0 fully saturated rings. The number of H-pyrrole nitrogens is 1. The van der Waals surface area contributed by atoms with Crippen LogP contribution in [0.25, 0.3) is 22.0 Å². The molecule has 0 aliphatic carbocycles. The second-order valence-electron chi connectivity index (χ2n) is 15.2. The van der Waals surface area contributed by atoms with E-state index in [1.807, 2.05) is 49.4 Å². The maximum absolute atomic E-state index is 14.7. The first-order chi connectivity index (χ1) is 28.8. The zero-order chi connectivity index (χ0) is 43.0. The number of carbonyl (C=O) groups is 3. The molecule has 0 spiro atoms. The standard InChI is InChI=1S/C44H53ClN8O5S2/c1-27-34(33-11-4-5-12-36(33)51-27)24-39-42(55)50-26-31-22-30(28-15-17-32(18-16-28)60(3,57)58)23-35(45)40(31)59-43-29(10-9-21-48-43)25-49-37(14-8-20-47)41(54)52-38(13-6-7-19-46)44(56)53(39)2/h4-5,9-12,15-18,21-23,37-39,49,51H,6-8,13-14,19-20,24-26,46-47H2,1-3H3,(H,50,55)(H,52,54)/t37-,38-,39-/m0/s1. The van der Waals surface area contributed by atoms with Gasteiger partial charge in [0, 0.05) is 60.5 Å². The van der Waals surface area contributed by atoms with Gasteiger partial charge in [0.05, 0.1) is 16.0 Å². The lowest BCUT2D eigenvalue weighted by molar-refractivity contribution is -0.142. The van der Waals surface area contributed by atoms with E-state index in [0.29, 0.717) is 71.3 Å². The molecule has 318 valence electrons. The number of sulfone groups is 1. The number of aromatic nitrogens is 2. The zero-order valence-electron chi connectivity index (χ0n) is 34.1. The lowest BCUT2D eigenvalue weighted by Gasteiger charge is -2.32. The highest BCUT2D eigenvalue weighted by Gasteiger charge is 2.34. The minimum Gasteiger partial charge on any atom is -0.358 e. The van der Waals surface area contributed by atoms with Crippen LogP contribution in [0.3, 0.4) is 0 Å². The number of fused-ring (bicyclic) bond motifs is 3. The van der Waals surface area contributed by atoms with Crippen LogP contribution in [-0.4, -0.2) is 85.5 Å². The van der Waals surface area contributed by atoms with Crippen molar-refractivity contribution in [2.75, 3.05) is 26.4 Å². The minimum atomic E-state index is -3.42. The number of para-hydroxylation sites is 1. The normalized spacial score (nSPS) is 18.4. The van der Waals surface area contributed by atoms with Gasteiger partial charge in [-0.25, -0.2) is 13.4 Å². The molecule has 8 N–H and O–H groups in total. The van der Waals surface area contributed by atoms with Crippen molar-refractivity contribution < 1.29 is 22.8 Å². The highest BCUT2D eigenvalue weighted by Crippen LogP contribution is 2.40. The molecule has 0 unspecified atom stereocenters. The van der Waals surface area contributed by atoms with Gasteiger partial charge in [0.25, 0.3) is 0 Å². The van der Waals surface area contributed by atoms with Crippen LogP contribution in [0.1, 0.15) is 54.5 Å². The summed E-state index contributed by atoms with van der Waals surface area (Å²) in [7, 11) is -1.81. The molecule has 16 heteroatoms. The molecule has 3 amide bonds. The first-order valence-electron chi connectivity index (χ1n) is 20.1. The first-order valence-corrected chi connectivity index (χ1v) is 23.2. The molecule has 1 aliphatic rings. The Morgan fingerprint density at radius 3 is 2.33 bits per heavy atom. The van der Waals surface area contributed by atoms with Gasteiger partial charge in [0.15, 0.2) is 9.84 Å². The number of aryl methyl sites for hydroxylation is 1. The van der Waals surface area contributed by atoms with E-state index in [9.17, 15) is 22.8 Å². The summed E-state index contributed by atoms with van der Waals surface area (Å²) in [6, 6.07) is 19.3. The number of nitrogens with zero attached hydrogens (tertiary/aromatic N) is 2. The van der Waals surface area contributed by atoms with Crippen molar-refractivity contribution >= 4 is 61.8 Å². The quantitative estimate of drug-likeness (QED) is 0.0951. The molecule has 2 aromatic heterocycles. The third kappa shape index (κ3) is 10.7. The zero-order valence-corrected chi connectivity index (χ0v) is 36.5. The Morgan fingerprint density at radius 1 is 0.867 bits per heavy atom. The number of amides is 3. The van der Waals surface area contributed by atoms with Crippen molar-refractivity contribution in [3.8, 4) is 11.1 Å². The van der Waals surface area contributed by atoms with E-state index in [4.69, 9.17) is 28.1 Å². The van der Waals surface area contributed by atoms with Crippen molar-refractivity contribution in [2.45, 2.75) is 91.5 Å². The first kappa shape index (κ1) is 44.8. The molecular weight excluding hydrogens is 820 g/mol. The van der Waals surface area contributed by atoms with Gasteiger partial charge in [-0.05, 0) is 116 Å². The molecule has 0 bridgehead atoms. The summed E-state index contributed by atoms with van der Waals surface area (Å²) in [5.74, 6) is -1.14. The van der Waals surface area contributed by atoms with Crippen LogP contribution in [0.2, 0.25) is 5.02 Å². The van der Waals surface area contributed by atoms with Crippen molar-refractivity contribution in [1.82, 2.24) is 30.8 Å². The van der Waals surface area contributed by atoms with Crippen LogP contribution >= 0.6 is 23.4 Å². The van der Waals surface area contributed by atoms with Gasteiger partial charge in [0.2, 0.25) is 17.7 Å². The largest absolute Gasteiger partial charge is 0.358 e. The summed E-state index contributed by atoms with van der Waals surface area (Å²) in [5, 5.41) is 11.6. The average Bonchev–Trinajstić information content (AvgIpc) is 3.55. The van der Waals surface area contributed by atoms with Crippen molar-refractivity contribution in [3.05, 3.63) is 106 Å². The number of likely N-dealkylation sites (N-methyl/N-ethyl adjacent to an activating group) is 1. The summed E-state index contributed by atoms with van der Waals surface area (Å²) in [4.78, 5) is 53.9. The Bertz CT molecular complexity index is 2440. The smallest absolute Gasteiger partial charge is 0.245 e. The van der Waals surface area contributed by atoms with Gasteiger partial charge in [-0.3, -0.25) is 14.4 Å². The lowest BCUT2D eigenvalue weighted by atomic mass is 9.99. The number of nitrogens with two attached hydrogens (primary N) is 2. The summed E-state index contributed by atoms with van der Waals surface area (Å²) in [5.41, 5.74) is 17.4. The molecule has 3 aromatic carbocycles. The fourth-order valence-corrected chi connectivity index (χ4v) is 9.49. The molecule has 60 heavy (non-hydrogen) atoms. The molecule has 3 heterocycles. The van der Waals surface area contributed by atoms with Crippen molar-refractivity contribution in [2.24, 2.45) is 11.5 Å². The number of benzene rings is 3. The van der Waals surface area contributed by atoms with Crippen LogP contribution in [0.4, 0.5) is 0 Å². The highest BCUT2D eigenvalue weighted by atomic mass is 35.5. The number of hydrogen-bond donors (Lipinski definition) is 6. The van der Waals surface area contributed by atoms with E-state index in [1.165, 1.54) is 16.7 Å². The third-order valence-electron chi connectivity index (χ3n) is 10.9. The average molecular weight is 874 g/mol. The second-order valence-corrected chi connectivity index (χ2v) is 18.6. The highest BCUT2D eigenvalue weighted by molar-refractivity contribution is 7.99. The summed E-state index contributed by atoms with van der Waals surface area (Å²) in [6.07, 6.45) is 5.62. The van der Waals surface area contributed by atoms with Gasteiger partial charge in [-0.15, -0.1) is 0 Å². The molecular formula is C44H53ClN8O5S2. The molecule has 6 rings (SSSR count). The Balaban J connectivity index is 1.47. The number of aromatic amines is 1. The number of hydrogen-bond acceptors (Lipinski definition) is 10. The lowest BCUT2D eigenvalue weighted by Crippen LogP contribution is -2.57. The molecule has 0 radical (unpaired) electrons. The molecule has 1 aliphatic heterocycles. The predicted molar refractivity (Wildman–Crippen MR) is 237 cm³/mol. The number of halogens is 1. The number of nitrogens with one attached hydrogen (secondary N) is 4. The van der Waals surface area contributed by atoms with Crippen LogP contribution in [0.5, 0.6) is 0 Å². The van der Waals surface area contributed by atoms with Crippen LogP contribution < -0.4 is 27.4 Å². The summed E-state index contributed by atoms with van der Waals surface area (Å²) >= 11 is 8.47. The Hall–Kier alpha value is -4.77. The predicted octanol–water partition coefficient (Wildman–Crippen LogP) is 5.26. The number of carbonyl (C=O) groups excluding carboxylic acids is 3. The van der Waals surface area contributed by atoms with Crippen molar-refractivity contribution in [1.29, 1.82) is 0 Å². The monoisotopic (exact) mass is 872 g/mol. The molecule has 5 aromatic rings.